The van der Waals surface area contributed by atoms with Gasteiger partial charge in [0.15, 0.2) is 18.7 Å². The van der Waals surface area contributed by atoms with Crippen LogP contribution >= 0.6 is 0 Å². The Labute approximate surface area is 58.7 Å². The van der Waals surface area contributed by atoms with Gasteiger partial charge in [0, 0.05) is 6.61 Å². The van der Waals surface area contributed by atoms with Crippen molar-refractivity contribution in [1.29, 1.82) is 0 Å². The summed E-state index contributed by atoms with van der Waals surface area (Å²) < 4.78 is 15.2. The second kappa shape index (κ2) is 2.47. The summed E-state index contributed by atoms with van der Waals surface area (Å²) in [5.74, 6) is 0. The first-order valence-corrected chi connectivity index (χ1v) is 3.45. The number of aliphatic hydroxyl groups is 1. The summed E-state index contributed by atoms with van der Waals surface area (Å²) >= 11 is 0. The van der Waals surface area contributed by atoms with Gasteiger partial charge in [-0.3, -0.25) is 0 Å². The van der Waals surface area contributed by atoms with Gasteiger partial charge in [-0.25, -0.2) is 0 Å². The summed E-state index contributed by atoms with van der Waals surface area (Å²) in [5.41, 5.74) is 0. The Morgan fingerprint density at radius 2 is 2.30 bits per heavy atom. The van der Waals surface area contributed by atoms with Crippen LogP contribution in [0.15, 0.2) is 0 Å². The molecule has 0 radical (unpaired) electrons. The van der Waals surface area contributed by atoms with Crippen molar-refractivity contribution in [2.75, 3.05) is 13.2 Å². The molecule has 58 valence electrons. The minimum atomic E-state index is -0.156. The smallest absolute Gasteiger partial charge is 0.192 e. The summed E-state index contributed by atoms with van der Waals surface area (Å²) in [6.07, 6.45) is 0.728. The van der Waals surface area contributed by atoms with E-state index in [2.05, 4.69) is 0 Å². The minimum absolute atomic E-state index is 0.0270. The predicted octanol–water partition coefficient (Wildman–Crippen LogP) is -0.533. The molecular weight excluding hydrogens is 136 g/mol. The molecule has 2 rings (SSSR count). The molecule has 0 aromatic heterocycles. The highest BCUT2D eigenvalue weighted by Gasteiger charge is 2.59. The van der Waals surface area contributed by atoms with Gasteiger partial charge in [0.2, 0.25) is 0 Å². The maximum Gasteiger partial charge on any atom is 0.192 e. The Balaban J connectivity index is 1.55. The molecule has 1 N–H and O–H groups in total. The minimum Gasteiger partial charge on any atom is -0.396 e. The Bertz CT molecular complexity index is 127. The van der Waals surface area contributed by atoms with Crippen molar-refractivity contribution in [3.8, 4) is 0 Å². The van der Waals surface area contributed by atoms with Gasteiger partial charge in [0.1, 0.15) is 0 Å². The van der Waals surface area contributed by atoms with Crippen molar-refractivity contribution in [2.45, 2.75) is 25.1 Å². The third kappa shape index (κ3) is 1.03. The van der Waals surface area contributed by atoms with E-state index in [1.807, 2.05) is 0 Å². The molecule has 0 bridgehead atoms. The lowest BCUT2D eigenvalue weighted by molar-refractivity contribution is -0.202. The molecule has 0 aromatic carbocycles. The van der Waals surface area contributed by atoms with Crippen molar-refractivity contribution in [2.24, 2.45) is 0 Å². The number of aliphatic hydroxyl groups excluding tert-OH is 1. The number of hydrogen-bond acceptors (Lipinski definition) is 4. The Kier molecular flexibility index (Phi) is 1.61. The lowest BCUT2D eigenvalue weighted by Crippen LogP contribution is -2.36. The molecule has 0 aromatic rings. The molecule has 0 aliphatic carbocycles. The summed E-state index contributed by atoms with van der Waals surface area (Å²) in [7, 11) is 0. The van der Waals surface area contributed by atoms with Gasteiger partial charge in [-0.1, -0.05) is 0 Å². The van der Waals surface area contributed by atoms with E-state index in [-0.39, 0.29) is 25.3 Å². The normalized spacial score (nSPS) is 42.3. The summed E-state index contributed by atoms with van der Waals surface area (Å²) in [6, 6.07) is 0. The fourth-order valence-electron chi connectivity index (χ4n) is 0.930. The fourth-order valence-corrected chi connectivity index (χ4v) is 0.930. The molecule has 10 heavy (non-hydrogen) atoms. The van der Waals surface area contributed by atoms with Crippen LogP contribution in [-0.4, -0.2) is 37.0 Å². The summed E-state index contributed by atoms with van der Waals surface area (Å²) in [5, 5.41) is 8.39. The fraction of sp³-hybridized carbons (Fsp3) is 1.00. The van der Waals surface area contributed by atoms with Crippen molar-refractivity contribution in [1.82, 2.24) is 0 Å². The van der Waals surface area contributed by atoms with E-state index in [0.29, 0.717) is 13.0 Å². The highest BCUT2D eigenvalue weighted by Crippen LogP contribution is 2.40. The van der Waals surface area contributed by atoms with E-state index >= 15 is 0 Å². The Hall–Kier alpha value is -0.160. The second-order valence-electron chi connectivity index (χ2n) is 2.42. The number of fused-ring (bicyclic) bond motifs is 1. The van der Waals surface area contributed by atoms with E-state index in [1.165, 1.54) is 0 Å². The summed E-state index contributed by atoms with van der Waals surface area (Å²) in [4.78, 5) is 0. The van der Waals surface area contributed by atoms with Crippen LogP contribution in [0, 0.1) is 0 Å². The monoisotopic (exact) mass is 146 g/mol. The highest BCUT2D eigenvalue weighted by molar-refractivity contribution is 4.90. The topological polar surface area (TPSA) is 51.2 Å². The molecule has 2 aliphatic rings. The molecule has 4 nitrogen and oxygen atoms in total. The maximum atomic E-state index is 8.39. The lowest BCUT2D eigenvalue weighted by Gasteiger charge is -2.20. The first-order valence-electron chi connectivity index (χ1n) is 3.45. The quantitative estimate of drug-likeness (QED) is 0.427. The van der Waals surface area contributed by atoms with Crippen molar-refractivity contribution in [3.63, 3.8) is 0 Å². The van der Waals surface area contributed by atoms with Crippen LogP contribution in [0.2, 0.25) is 0 Å². The number of ether oxygens (including phenoxy) is 3. The number of rotatable bonds is 4. The zero-order valence-electron chi connectivity index (χ0n) is 5.53. The Morgan fingerprint density at radius 3 is 2.80 bits per heavy atom. The molecule has 2 heterocycles. The average Bonchev–Trinajstić information content (AvgIpc) is 2.54. The molecule has 2 fully saturated rings. The third-order valence-corrected chi connectivity index (χ3v) is 1.60. The van der Waals surface area contributed by atoms with Gasteiger partial charge >= 0.3 is 0 Å². The molecule has 2 saturated heterocycles. The largest absolute Gasteiger partial charge is 0.396 e. The highest BCUT2D eigenvalue weighted by atomic mass is 16.9. The van der Waals surface area contributed by atoms with Crippen LogP contribution in [0.4, 0.5) is 0 Å². The van der Waals surface area contributed by atoms with Gasteiger partial charge in [-0.2, -0.15) is 0 Å². The van der Waals surface area contributed by atoms with Crippen LogP contribution in [0.25, 0.3) is 0 Å². The van der Waals surface area contributed by atoms with E-state index in [9.17, 15) is 0 Å². The van der Waals surface area contributed by atoms with Gasteiger partial charge in [-0.15, -0.1) is 0 Å². The van der Waals surface area contributed by atoms with Crippen LogP contribution in [0.3, 0.4) is 0 Å². The summed E-state index contributed by atoms with van der Waals surface area (Å²) in [6.45, 7) is 0.718. The molecule has 2 aliphatic heterocycles. The first kappa shape index (κ1) is 6.54. The molecule has 3 atom stereocenters. The molecule has 4 heteroatoms. The van der Waals surface area contributed by atoms with Gasteiger partial charge in [0.05, 0.1) is 6.61 Å². The Morgan fingerprint density at radius 1 is 1.40 bits per heavy atom. The van der Waals surface area contributed by atoms with Crippen molar-refractivity contribution >= 4 is 0 Å². The predicted molar refractivity (Wildman–Crippen MR) is 31.2 cm³/mol. The van der Waals surface area contributed by atoms with E-state index < -0.39 is 0 Å². The third-order valence-electron chi connectivity index (χ3n) is 1.60. The maximum absolute atomic E-state index is 8.39. The second-order valence-corrected chi connectivity index (χ2v) is 2.42. The van der Waals surface area contributed by atoms with E-state index in [0.717, 1.165) is 0 Å². The van der Waals surface area contributed by atoms with Crippen LogP contribution in [0.5, 0.6) is 0 Å². The first-order chi connectivity index (χ1) is 4.92. The van der Waals surface area contributed by atoms with Gasteiger partial charge in [0.25, 0.3) is 0 Å². The molecule has 0 amide bonds. The molecule has 3 unspecified atom stereocenters. The van der Waals surface area contributed by atoms with E-state index in [4.69, 9.17) is 19.3 Å². The lowest BCUT2D eigenvalue weighted by atomic mass is 10.3. The molecule has 0 spiro atoms. The van der Waals surface area contributed by atoms with Crippen molar-refractivity contribution in [3.05, 3.63) is 0 Å². The zero-order chi connectivity index (χ0) is 6.97. The van der Waals surface area contributed by atoms with Crippen molar-refractivity contribution < 1.29 is 19.3 Å². The average molecular weight is 146 g/mol. The standard InChI is InChI=1S/C6H10O4/c7-2-1-3-8-5-4-6(9-4)10-5/h4-7H,1-3H2. The van der Waals surface area contributed by atoms with E-state index in [1.54, 1.807) is 0 Å². The molecule has 0 saturated carbocycles. The van der Waals surface area contributed by atoms with Gasteiger partial charge in [-0.05, 0) is 6.42 Å². The molecular formula is C6H10O4. The number of epoxide rings is 1. The number of hydrogen-bond donors (Lipinski definition) is 1. The SMILES string of the molecule is OCCCOC1OC2OC12. The van der Waals surface area contributed by atoms with Gasteiger partial charge < -0.3 is 19.3 Å². The van der Waals surface area contributed by atoms with Crippen LogP contribution < -0.4 is 0 Å². The van der Waals surface area contributed by atoms with Crippen LogP contribution in [-0.2, 0) is 14.2 Å². The zero-order valence-corrected chi connectivity index (χ0v) is 5.53. The van der Waals surface area contributed by atoms with Crippen LogP contribution in [0.1, 0.15) is 6.42 Å².